The largest absolute Gasteiger partial charge is 0.497 e. The van der Waals surface area contributed by atoms with Crippen molar-refractivity contribution in [2.24, 2.45) is 0 Å². The highest BCUT2D eigenvalue weighted by molar-refractivity contribution is 7.92. The van der Waals surface area contributed by atoms with Gasteiger partial charge in [-0.3, -0.25) is 9.10 Å². The Hall–Kier alpha value is -2.66. The lowest BCUT2D eigenvalue weighted by molar-refractivity contribution is -0.137. The molecular weight excluding hydrogens is 473 g/mol. The predicted octanol–water partition coefficient (Wildman–Crippen LogP) is 4.02. The first-order chi connectivity index (χ1) is 14.8. The van der Waals surface area contributed by atoms with Crippen molar-refractivity contribution < 1.29 is 35.9 Å². The molecule has 2 rings (SSSR count). The van der Waals surface area contributed by atoms with Gasteiger partial charge in [-0.05, 0) is 43.3 Å². The zero-order chi connectivity index (χ0) is 24.3. The van der Waals surface area contributed by atoms with Crippen molar-refractivity contribution in [3.8, 4) is 11.5 Å². The van der Waals surface area contributed by atoms with E-state index in [4.69, 9.17) is 21.1 Å². The Morgan fingerprint density at radius 1 is 1.16 bits per heavy atom. The fourth-order valence-corrected chi connectivity index (χ4v) is 4.06. The first kappa shape index (κ1) is 25.6. The van der Waals surface area contributed by atoms with E-state index in [9.17, 15) is 26.4 Å². The van der Waals surface area contributed by atoms with Gasteiger partial charge in [0.05, 0.1) is 42.8 Å². The topological polar surface area (TPSA) is 84.9 Å². The van der Waals surface area contributed by atoms with Crippen LogP contribution in [0.5, 0.6) is 11.5 Å². The van der Waals surface area contributed by atoms with E-state index in [0.29, 0.717) is 27.4 Å². The third-order valence-corrected chi connectivity index (χ3v) is 5.96. The summed E-state index contributed by atoms with van der Waals surface area (Å²) in [5, 5.41) is 2.36. The van der Waals surface area contributed by atoms with Gasteiger partial charge in [-0.25, -0.2) is 8.42 Å². The van der Waals surface area contributed by atoms with E-state index in [1.807, 2.05) is 0 Å². The Morgan fingerprint density at radius 3 is 2.34 bits per heavy atom. The van der Waals surface area contributed by atoms with Crippen molar-refractivity contribution in [3.63, 3.8) is 0 Å². The van der Waals surface area contributed by atoms with Crippen LogP contribution >= 0.6 is 11.6 Å². The van der Waals surface area contributed by atoms with Gasteiger partial charge >= 0.3 is 6.18 Å². The van der Waals surface area contributed by atoms with Crippen LogP contribution in [0.2, 0.25) is 5.02 Å². The maximum absolute atomic E-state index is 13.1. The molecule has 0 fully saturated rings. The molecule has 0 saturated carbocycles. The van der Waals surface area contributed by atoms with Crippen molar-refractivity contribution in [2.45, 2.75) is 19.1 Å². The lowest BCUT2D eigenvalue weighted by atomic mass is 10.1. The van der Waals surface area contributed by atoms with Crippen molar-refractivity contribution in [1.29, 1.82) is 0 Å². The molecule has 2 aromatic rings. The summed E-state index contributed by atoms with van der Waals surface area (Å²) >= 11 is 5.97. The zero-order valence-electron chi connectivity index (χ0n) is 17.7. The second-order valence-electron chi connectivity index (χ2n) is 6.83. The van der Waals surface area contributed by atoms with Gasteiger partial charge < -0.3 is 14.8 Å². The Kier molecular flexibility index (Phi) is 7.89. The van der Waals surface area contributed by atoms with E-state index in [0.717, 1.165) is 18.4 Å². The number of alkyl halides is 3. The summed E-state index contributed by atoms with van der Waals surface area (Å²) in [5.41, 5.74) is -0.991. The number of halogens is 4. The number of benzene rings is 2. The fraction of sp³-hybridized carbons (Fsp3) is 0.350. The summed E-state index contributed by atoms with van der Waals surface area (Å²) in [6.45, 7) is 0.855. The van der Waals surface area contributed by atoms with E-state index in [1.165, 1.54) is 14.2 Å². The first-order valence-electron chi connectivity index (χ1n) is 9.13. The van der Waals surface area contributed by atoms with E-state index >= 15 is 0 Å². The molecule has 0 spiro atoms. The van der Waals surface area contributed by atoms with Crippen LogP contribution in [-0.4, -0.2) is 41.3 Å². The molecule has 2 aromatic carbocycles. The van der Waals surface area contributed by atoms with Crippen molar-refractivity contribution >= 4 is 33.2 Å². The summed E-state index contributed by atoms with van der Waals surface area (Å²) in [4.78, 5) is 12.6. The number of ether oxygens (including phenoxy) is 2. The van der Waals surface area contributed by atoms with Crippen molar-refractivity contribution in [3.05, 3.63) is 52.5 Å². The normalized spacial score (nSPS) is 12.8. The molecule has 12 heteroatoms. The van der Waals surface area contributed by atoms with Crippen LogP contribution in [0.25, 0.3) is 0 Å². The molecule has 176 valence electrons. The van der Waals surface area contributed by atoms with E-state index in [2.05, 4.69) is 5.32 Å². The molecular formula is C20H22ClF3N2O5S. The standard InChI is InChI=1S/C20H22ClF3N2O5S/c1-12(15-10-14(30-2)6-8-18(15)31-3)25-19(27)11-26(32(4,28)29)17-9-13(20(22,23)24)5-7-16(17)21/h5-10,12H,11H2,1-4H3,(H,25,27). The zero-order valence-corrected chi connectivity index (χ0v) is 19.2. The van der Waals surface area contributed by atoms with Crippen molar-refractivity contribution in [1.82, 2.24) is 5.32 Å². The third-order valence-electron chi connectivity index (χ3n) is 4.51. The molecule has 0 aliphatic rings. The molecule has 1 unspecified atom stereocenters. The molecule has 7 nitrogen and oxygen atoms in total. The van der Waals surface area contributed by atoms with Gasteiger partial charge in [0.1, 0.15) is 18.0 Å². The Labute approximate surface area is 189 Å². The molecule has 0 saturated heterocycles. The Bertz CT molecular complexity index is 1090. The van der Waals surface area contributed by atoms with Gasteiger partial charge in [0.15, 0.2) is 0 Å². The molecule has 0 bridgehead atoms. The molecule has 1 atom stereocenters. The monoisotopic (exact) mass is 494 g/mol. The number of rotatable bonds is 8. The smallest absolute Gasteiger partial charge is 0.416 e. The number of sulfonamides is 1. The van der Waals surface area contributed by atoms with Crippen LogP contribution in [0.3, 0.4) is 0 Å². The van der Waals surface area contributed by atoms with Crippen LogP contribution in [0.15, 0.2) is 36.4 Å². The van der Waals surface area contributed by atoms with E-state index in [1.54, 1.807) is 25.1 Å². The molecule has 1 N–H and O–H groups in total. The second kappa shape index (κ2) is 9.86. The van der Waals surface area contributed by atoms with Crippen LogP contribution in [0, 0.1) is 0 Å². The van der Waals surface area contributed by atoms with Gasteiger partial charge in [0, 0.05) is 5.56 Å². The highest BCUT2D eigenvalue weighted by Gasteiger charge is 2.33. The number of carbonyl (C=O) groups is 1. The van der Waals surface area contributed by atoms with E-state index in [-0.39, 0.29) is 5.02 Å². The molecule has 0 heterocycles. The lowest BCUT2D eigenvalue weighted by Gasteiger charge is -2.25. The highest BCUT2D eigenvalue weighted by Crippen LogP contribution is 2.36. The first-order valence-corrected chi connectivity index (χ1v) is 11.4. The van der Waals surface area contributed by atoms with Crippen molar-refractivity contribution in [2.75, 3.05) is 31.3 Å². The lowest BCUT2D eigenvalue weighted by Crippen LogP contribution is -2.41. The van der Waals surface area contributed by atoms with Crippen LogP contribution in [-0.2, 0) is 21.0 Å². The molecule has 0 aromatic heterocycles. The Morgan fingerprint density at radius 2 is 1.81 bits per heavy atom. The van der Waals surface area contributed by atoms with Gasteiger partial charge in [-0.15, -0.1) is 0 Å². The number of carbonyl (C=O) groups excluding carboxylic acids is 1. The summed E-state index contributed by atoms with van der Waals surface area (Å²) in [7, 11) is -1.23. The summed E-state index contributed by atoms with van der Waals surface area (Å²) in [6.07, 6.45) is -3.95. The number of hydrogen-bond acceptors (Lipinski definition) is 5. The quantitative estimate of drug-likeness (QED) is 0.599. The molecule has 0 aliphatic heterocycles. The fourth-order valence-electron chi connectivity index (χ4n) is 2.93. The van der Waals surface area contributed by atoms with Crippen LogP contribution in [0.4, 0.5) is 18.9 Å². The number of methoxy groups -OCH3 is 2. The minimum Gasteiger partial charge on any atom is -0.497 e. The average molecular weight is 495 g/mol. The van der Waals surface area contributed by atoms with Gasteiger partial charge in [-0.2, -0.15) is 13.2 Å². The molecule has 0 aliphatic carbocycles. The molecule has 32 heavy (non-hydrogen) atoms. The molecule has 1 amide bonds. The Balaban J connectivity index is 2.33. The SMILES string of the molecule is COc1ccc(OC)c(C(C)NC(=O)CN(c2cc(C(F)(F)F)ccc2Cl)S(C)(=O)=O)c1. The van der Waals surface area contributed by atoms with Crippen LogP contribution < -0.4 is 19.1 Å². The maximum atomic E-state index is 13.1. The van der Waals surface area contributed by atoms with Gasteiger partial charge in [-0.1, -0.05) is 11.6 Å². The van der Waals surface area contributed by atoms with Gasteiger partial charge in [0.25, 0.3) is 0 Å². The summed E-state index contributed by atoms with van der Waals surface area (Å²) in [6, 6.07) is 6.56. The number of hydrogen-bond donors (Lipinski definition) is 1. The minimum absolute atomic E-state index is 0.251. The van der Waals surface area contributed by atoms with Gasteiger partial charge in [0.2, 0.25) is 15.9 Å². The predicted molar refractivity (Wildman–Crippen MR) is 115 cm³/mol. The second-order valence-corrected chi connectivity index (χ2v) is 9.14. The average Bonchev–Trinajstić information content (AvgIpc) is 2.70. The number of anilines is 1. The highest BCUT2D eigenvalue weighted by atomic mass is 35.5. The summed E-state index contributed by atoms with van der Waals surface area (Å²) < 4.78 is 74.9. The van der Waals surface area contributed by atoms with Crippen LogP contribution in [0.1, 0.15) is 24.1 Å². The minimum atomic E-state index is -4.72. The molecule has 0 radical (unpaired) electrons. The third kappa shape index (κ3) is 6.19. The maximum Gasteiger partial charge on any atom is 0.416 e. The van der Waals surface area contributed by atoms with E-state index < -0.39 is 45.9 Å². The summed E-state index contributed by atoms with van der Waals surface area (Å²) in [5.74, 6) is 0.205. The number of nitrogens with zero attached hydrogens (tertiary/aromatic N) is 1. The number of amides is 1. The number of nitrogens with one attached hydrogen (secondary N) is 1.